The van der Waals surface area contributed by atoms with E-state index in [2.05, 4.69) is 5.32 Å². The second-order valence-corrected chi connectivity index (χ2v) is 7.92. The van der Waals surface area contributed by atoms with Crippen LogP contribution >= 0.6 is 0 Å². The Hall–Kier alpha value is -2.77. The summed E-state index contributed by atoms with van der Waals surface area (Å²) in [7, 11) is 1.63. The Morgan fingerprint density at radius 3 is 2.44 bits per heavy atom. The maximum Gasteiger partial charge on any atom is 0.419 e. The highest BCUT2D eigenvalue weighted by Gasteiger charge is 2.25. The van der Waals surface area contributed by atoms with Gasteiger partial charge in [-0.1, -0.05) is 0 Å². The molecular weight excluding hydrogens is 348 g/mol. The molecule has 3 rings (SSSR count). The largest absolute Gasteiger partial charge is 0.419 e. The Morgan fingerprint density at radius 1 is 1.07 bits per heavy atom. The lowest BCUT2D eigenvalue weighted by molar-refractivity contribution is 0.0762. The molecule has 1 saturated heterocycles. The van der Waals surface area contributed by atoms with Gasteiger partial charge in [0, 0.05) is 44.3 Å². The van der Waals surface area contributed by atoms with E-state index in [4.69, 9.17) is 4.42 Å². The van der Waals surface area contributed by atoms with Crippen LogP contribution in [0.3, 0.4) is 0 Å². The zero-order valence-electron chi connectivity index (χ0n) is 16.2. The number of carbonyl (C=O) groups is 2. The van der Waals surface area contributed by atoms with Crippen LogP contribution in [0.1, 0.15) is 37.6 Å². The van der Waals surface area contributed by atoms with Gasteiger partial charge in [-0.2, -0.15) is 0 Å². The quantitative estimate of drug-likeness (QED) is 0.824. The molecule has 0 aliphatic carbocycles. The van der Waals surface area contributed by atoms with Crippen LogP contribution in [-0.4, -0.2) is 58.0 Å². The van der Waals surface area contributed by atoms with E-state index in [1.54, 1.807) is 35.0 Å². The minimum Gasteiger partial charge on any atom is -0.408 e. The summed E-state index contributed by atoms with van der Waals surface area (Å²) in [5, 5.41) is 2.96. The molecule has 1 aliphatic heterocycles. The maximum absolute atomic E-state index is 12.9. The van der Waals surface area contributed by atoms with Gasteiger partial charge < -0.3 is 19.5 Å². The van der Waals surface area contributed by atoms with Crippen molar-refractivity contribution in [1.29, 1.82) is 0 Å². The number of rotatable bonds is 1. The number of aromatic nitrogens is 1. The number of aryl methyl sites for hydroxylation is 1. The Morgan fingerprint density at radius 2 is 1.74 bits per heavy atom. The average Bonchev–Trinajstić information content (AvgIpc) is 2.77. The normalized spacial score (nSPS) is 15.7. The Balaban J connectivity index is 1.71. The van der Waals surface area contributed by atoms with Crippen LogP contribution in [0.5, 0.6) is 0 Å². The lowest BCUT2D eigenvalue weighted by Gasteiger charge is -2.27. The van der Waals surface area contributed by atoms with Crippen molar-refractivity contribution >= 4 is 23.0 Å². The third kappa shape index (κ3) is 4.15. The molecule has 8 nitrogen and oxygen atoms in total. The molecule has 0 bridgehead atoms. The summed E-state index contributed by atoms with van der Waals surface area (Å²) in [4.78, 5) is 40.3. The van der Waals surface area contributed by atoms with E-state index < -0.39 is 5.76 Å². The number of benzene rings is 1. The van der Waals surface area contributed by atoms with Crippen molar-refractivity contribution in [2.24, 2.45) is 7.05 Å². The predicted octanol–water partition coefficient (Wildman–Crippen LogP) is 1.79. The van der Waals surface area contributed by atoms with Gasteiger partial charge in [0.1, 0.15) is 0 Å². The number of nitrogens with one attached hydrogen (secondary N) is 1. The third-order valence-electron chi connectivity index (χ3n) is 4.59. The first-order chi connectivity index (χ1) is 12.7. The molecule has 1 aliphatic rings. The van der Waals surface area contributed by atoms with Gasteiger partial charge in [0.05, 0.1) is 5.52 Å². The number of fused-ring (bicyclic) bond motifs is 1. The van der Waals surface area contributed by atoms with Crippen LogP contribution in [-0.2, 0) is 7.05 Å². The molecule has 1 N–H and O–H groups in total. The first-order valence-corrected chi connectivity index (χ1v) is 9.12. The molecule has 2 heterocycles. The molecule has 1 aromatic heterocycles. The van der Waals surface area contributed by atoms with E-state index in [9.17, 15) is 14.4 Å². The predicted molar refractivity (Wildman–Crippen MR) is 102 cm³/mol. The monoisotopic (exact) mass is 374 g/mol. The molecule has 1 fully saturated rings. The van der Waals surface area contributed by atoms with Gasteiger partial charge in [0.15, 0.2) is 5.58 Å². The smallest absolute Gasteiger partial charge is 0.408 e. The summed E-state index contributed by atoms with van der Waals surface area (Å²) in [6.45, 7) is 7.96. The molecule has 3 amide bonds. The number of oxazole rings is 1. The number of nitrogens with zero attached hydrogens (tertiary/aromatic N) is 3. The number of amides is 3. The van der Waals surface area contributed by atoms with Crippen molar-refractivity contribution in [2.45, 2.75) is 32.7 Å². The highest BCUT2D eigenvalue weighted by atomic mass is 16.4. The molecule has 0 radical (unpaired) electrons. The molecule has 8 heteroatoms. The summed E-state index contributed by atoms with van der Waals surface area (Å²) in [6, 6.07) is 4.92. The minimum absolute atomic E-state index is 0.107. The number of hydrogen-bond donors (Lipinski definition) is 1. The summed E-state index contributed by atoms with van der Waals surface area (Å²) in [5.41, 5.74) is 1.23. The fourth-order valence-electron chi connectivity index (χ4n) is 3.17. The van der Waals surface area contributed by atoms with Crippen molar-refractivity contribution in [2.75, 3.05) is 26.2 Å². The van der Waals surface area contributed by atoms with E-state index in [0.29, 0.717) is 49.3 Å². The first kappa shape index (κ1) is 19.0. The maximum atomic E-state index is 12.9. The first-order valence-electron chi connectivity index (χ1n) is 9.12. The summed E-state index contributed by atoms with van der Waals surface area (Å²) in [6.07, 6.45) is 0.714. The number of carbonyl (C=O) groups excluding carboxylic acids is 2. The van der Waals surface area contributed by atoms with Crippen molar-refractivity contribution in [3.8, 4) is 0 Å². The number of urea groups is 1. The SMILES string of the molecule is Cn1c(=O)oc2cc(C(=O)N3CCCN(C(=O)NC(C)(C)C)CC3)ccc21. The van der Waals surface area contributed by atoms with Crippen LogP contribution in [0, 0.1) is 0 Å². The van der Waals surface area contributed by atoms with Gasteiger partial charge in [0.2, 0.25) is 0 Å². The van der Waals surface area contributed by atoms with Crippen LogP contribution in [0.15, 0.2) is 27.4 Å². The molecule has 2 aromatic rings. The summed E-state index contributed by atoms with van der Waals surface area (Å²) < 4.78 is 6.58. The van der Waals surface area contributed by atoms with E-state index >= 15 is 0 Å². The Labute approximate surface area is 157 Å². The van der Waals surface area contributed by atoms with Gasteiger partial charge in [-0.15, -0.1) is 0 Å². The zero-order valence-corrected chi connectivity index (χ0v) is 16.2. The molecule has 146 valence electrons. The number of hydrogen-bond acceptors (Lipinski definition) is 4. The molecule has 0 unspecified atom stereocenters. The van der Waals surface area contributed by atoms with Crippen LogP contribution in [0.25, 0.3) is 11.1 Å². The molecule has 1 aromatic carbocycles. The van der Waals surface area contributed by atoms with Crippen molar-refractivity contribution in [1.82, 2.24) is 19.7 Å². The Bertz CT molecular complexity index is 922. The van der Waals surface area contributed by atoms with Crippen molar-refractivity contribution in [3.05, 3.63) is 34.3 Å². The molecular formula is C19H26N4O4. The highest BCUT2D eigenvalue weighted by molar-refractivity contribution is 5.97. The van der Waals surface area contributed by atoms with Gasteiger partial charge in [-0.3, -0.25) is 9.36 Å². The van der Waals surface area contributed by atoms with Gasteiger partial charge in [0.25, 0.3) is 5.91 Å². The zero-order chi connectivity index (χ0) is 19.8. The fraction of sp³-hybridized carbons (Fsp3) is 0.526. The van der Waals surface area contributed by atoms with Gasteiger partial charge in [-0.25, -0.2) is 9.59 Å². The summed E-state index contributed by atoms with van der Waals surface area (Å²) >= 11 is 0. The second kappa shape index (κ2) is 7.09. The Kier molecular flexibility index (Phi) is 4.99. The van der Waals surface area contributed by atoms with Gasteiger partial charge in [-0.05, 0) is 45.4 Å². The van der Waals surface area contributed by atoms with E-state index in [-0.39, 0.29) is 17.5 Å². The highest BCUT2D eigenvalue weighted by Crippen LogP contribution is 2.17. The van der Waals surface area contributed by atoms with Crippen molar-refractivity contribution < 1.29 is 14.0 Å². The van der Waals surface area contributed by atoms with Gasteiger partial charge >= 0.3 is 11.8 Å². The topological polar surface area (TPSA) is 87.8 Å². The van der Waals surface area contributed by atoms with Crippen LogP contribution in [0.2, 0.25) is 0 Å². The van der Waals surface area contributed by atoms with Crippen LogP contribution in [0.4, 0.5) is 4.79 Å². The van der Waals surface area contributed by atoms with Crippen molar-refractivity contribution in [3.63, 3.8) is 0 Å². The average molecular weight is 374 g/mol. The van der Waals surface area contributed by atoms with E-state index in [1.165, 1.54) is 4.57 Å². The second-order valence-electron chi connectivity index (χ2n) is 7.92. The molecule has 27 heavy (non-hydrogen) atoms. The lowest BCUT2D eigenvalue weighted by atomic mass is 10.1. The van der Waals surface area contributed by atoms with E-state index in [1.807, 2.05) is 20.8 Å². The summed E-state index contributed by atoms with van der Waals surface area (Å²) in [5.74, 6) is -0.577. The lowest BCUT2D eigenvalue weighted by Crippen LogP contribution is -2.49. The molecule has 0 spiro atoms. The third-order valence-corrected chi connectivity index (χ3v) is 4.59. The molecule has 0 atom stereocenters. The standard InChI is InChI=1S/C19H26N4O4/c1-19(2,3)20-17(25)23-9-5-8-22(10-11-23)16(24)13-6-7-14-15(12-13)27-18(26)21(14)4/h6-7,12H,5,8-11H2,1-4H3,(H,20,25). The van der Waals surface area contributed by atoms with Crippen LogP contribution < -0.4 is 11.1 Å². The molecule has 0 saturated carbocycles. The van der Waals surface area contributed by atoms with E-state index in [0.717, 1.165) is 0 Å². The minimum atomic E-state index is -0.454. The fourth-order valence-corrected chi connectivity index (χ4v) is 3.17.